The fourth-order valence-corrected chi connectivity index (χ4v) is 2.81. The molecular formula is C16H28N4O2. The first-order chi connectivity index (χ1) is 10.5. The summed E-state index contributed by atoms with van der Waals surface area (Å²) in [5.74, 6) is 0.831. The number of aromatic nitrogens is 2. The zero-order valence-corrected chi connectivity index (χ0v) is 14.2. The zero-order valence-electron chi connectivity index (χ0n) is 14.2. The van der Waals surface area contributed by atoms with Gasteiger partial charge in [-0.05, 0) is 18.3 Å². The number of amides is 1. The minimum absolute atomic E-state index is 0.0850. The summed E-state index contributed by atoms with van der Waals surface area (Å²) < 4.78 is 5.13. The number of carbonyl (C=O) groups is 1. The summed E-state index contributed by atoms with van der Waals surface area (Å²) in [7, 11) is 1.46. The van der Waals surface area contributed by atoms with Crippen LogP contribution in [0.5, 0.6) is 5.88 Å². The number of hydrogen-bond acceptors (Lipinski definition) is 5. The molecule has 6 heteroatoms. The van der Waals surface area contributed by atoms with Crippen molar-refractivity contribution >= 4 is 11.7 Å². The van der Waals surface area contributed by atoms with E-state index in [1.54, 1.807) is 0 Å². The van der Waals surface area contributed by atoms with Crippen molar-refractivity contribution in [2.45, 2.75) is 53.0 Å². The highest BCUT2D eigenvalue weighted by Crippen LogP contribution is 2.24. The van der Waals surface area contributed by atoms with E-state index < -0.39 is 0 Å². The number of nitrogens with two attached hydrogens (primary N) is 1. The van der Waals surface area contributed by atoms with Crippen molar-refractivity contribution < 1.29 is 9.53 Å². The van der Waals surface area contributed by atoms with Crippen molar-refractivity contribution in [3.63, 3.8) is 0 Å². The lowest BCUT2D eigenvalue weighted by atomic mass is 9.85. The van der Waals surface area contributed by atoms with Gasteiger partial charge in [0.2, 0.25) is 5.88 Å². The lowest BCUT2D eigenvalue weighted by molar-refractivity contribution is 0.0896. The normalized spacial score (nSPS) is 13.7. The van der Waals surface area contributed by atoms with Crippen molar-refractivity contribution in [3.05, 3.63) is 11.9 Å². The summed E-state index contributed by atoms with van der Waals surface area (Å²) in [5, 5.41) is 3.11. The Balaban J connectivity index is 3.02. The lowest BCUT2D eigenvalue weighted by Gasteiger charge is -2.30. The Labute approximate surface area is 132 Å². The second kappa shape index (κ2) is 8.56. The van der Waals surface area contributed by atoms with E-state index in [1.165, 1.54) is 13.4 Å². The van der Waals surface area contributed by atoms with Gasteiger partial charge in [-0.3, -0.25) is 4.79 Å². The molecule has 3 N–H and O–H groups in total. The molecule has 1 aromatic rings. The Hall–Kier alpha value is -1.85. The van der Waals surface area contributed by atoms with Gasteiger partial charge in [-0.2, -0.15) is 0 Å². The molecular weight excluding hydrogens is 280 g/mol. The monoisotopic (exact) mass is 308 g/mol. The van der Waals surface area contributed by atoms with Gasteiger partial charge in [0.1, 0.15) is 17.7 Å². The fraction of sp³-hybridized carbons (Fsp3) is 0.688. The molecule has 2 atom stereocenters. The molecule has 2 unspecified atom stereocenters. The van der Waals surface area contributed by atoms with E-state index in [2.05, 4.69) is 43.0 Å². The minimum atomic E-state index is -0.275. The number of nitrogens with one attached hydrogen (secondary N) is 1. The second-order valence-corrected chi connectivity index (χ2v) is 5.84. The van der Waals surface area contributed by atoms with Crippen LogP contribution in [0.15, 0.2) is 6.33 Å². The first-order valence-electron chi connectivity index (χ1n) is 7.91. The van der Waals surface area contributed by atoms with Crippen molar-refractivity contribution in [1.29, 1.82) is 0 Å². The predicted octanol–water partition coefficient (Wildman–Crippen LogP) is 2.65. The van der Waals surface area contributed by atoms with E-state index in [4.69, 9.17) is 10.5 Å². The smallest absolute Gasteiger partial charge is 0.260 e. The van der Waals surface area contributed by atoms with Gasteiger partial charge in [-0.1, -0.05) is 40.5 Å². The van der Waals surface area contributed by atoms with Gasteiger partial charge in [0.25, 0.3) is 5.91 Å². The number of carbonyl (C=O) groups excluding carboxylic acids is 1. The maximum Gasteiger partial charge on any atom is 0.260 e. The van der Waals surface area contributed by atoms with Crippen molar-refractivity contribution in [3.8, 4) is 5.88 Å². The molecule has 1 amide bonds. The van der Waals surface area contributed by atoms with Crippen LogP contribution in [0.1, 0.15) is 57.3 Å². The highest BCUT2D eigenvalue weighted by atomic mass is 16.5. The Kier molecular flexibility index (Phi) is 7.08. The average molecular weight is 308 g/mol. The highest BCUT2D eigenvalue weighted by Gasteiger charge is 2.27. The number of hydrogen-bond donors (Lipinski definition) is 2. The molecule has 0 radical (unpaired) electrons. The third-order valence-electron chi connectivity index (χ3n) is 3.97. The highest BCUT2D eigenvalue weighted by molar-refractivity contribution is 6.00. The van der Waals surface area contributed by atoms with E-state index in [-0.39, 0.29) is 29.2 Å². The molecule has 6 nitrogen and oxygen atoms in total. The second-order valence-electron chi connectivity index (χ2n) is 5.84. The number of anilines is 1. The molecule has 0 fully saturated rings. The molecule has 0 aliphatic heterocycles. The van der Waals surface area contributed by atoms with Crippen LogP contribution >= 0.6 is 0 Å². The third kappa shape index (κ3) is 4.32. The molecule has 1 aromatic heterocycles. The largest absolute Gasteiger partial charge is 0.480 e. The van der Waals surface area contributed by atoms with Crippen LogP contribution in [0.3, 0.4) is 0 Å². The predicted molar refractivity (Wildman–Crippen MR) is 87.8 cm³/mol. The summed E-state index contributed by atoms with van der Waals surface area (Å²) in [6.45, 7) is 8.55. The Morgan fingerprint density at radius 3 is 2.55 bits per heavy atom. The van der Waals surface area contributed by atoms with Crippen LogP contribution in [0, 0.1) is 11.8 Å². The third-order valence-corrected chi connectivity index (χ3v) is 3.97. The topological polar surface area (TPSA) is 90.1 Å². The molecule has 0 spiro atoms. The van der Waals surface area contributed by atoms with Crippen LogP contribution in [0.25, 0.3) is 0 Å². The average Bonchev–Trinajstić information content (AvgIpc) is 2.49. The Bertz CT molecular complexity index is 491. The van der Waals surface area contributed by atoms with Crippen LogP contribution in [-0.2, 0) is 0 Å². The van der Waals surface area contributed by atoms with Gasteiger partial charge < -0.3 is 15.8 Å². The van der Waals surface area contributed by atoms with Gasteiger partial charge in [0.05, 0.1) is 7.11 Å². The van der Waals surface area contributed by atoms with E-state index in [0.717, 1.165) is 19.3 Å². The van der Waals surface area contributed by atoms with E-state index >= 15 is 0 Å². The minimum Gasteiger partial charge on any atom is -0.480 e. The van der Waals surface area contributed by atoms with Gasteiger partial charge in [0.15, 0.2) is 0 Å². The zero-order chi connectivity index (χ0) is 16.7. The number of methoxy groups -OCH3 is 1. The molecule has 0 bridgehead atoms. The molecule has 1 heterocycles. The van der Waals surface area contributed by atoms with Gasteiger partial charge in [-0.25, -0.2) is 9.97 Å². The van der Waals surface area contributed by atoms with E-state index in [0.29, 0.717) is 11.8 Å². The first-order valence-corrected chi connectivity index (χ1v) is 7.91. The van der Waals surface area contributed by atoms with Crippen molar-refractivity contribution in [1.82, 2.24) is 15.3 Å². The van der Waals surface area contributed by atoms with Gasteiger partial charge in [0, 0.05) is 6.04 Å². The standard InChI is InChI=1S/C16H28N4O2/c1-6-8-11(7-2)13(10(3)4)20-15(21)12-14(17)18-9-19-16(12)22-5/h9-11,13H,6-8H2,1-5H3,(H,20,21)(H2,17,18,19). The molecule has 0 saturated heterocycles. The Morgan fingerprint density at radius 1 is 1.36 bits per heavy atom. The maximum absolute atomic E-state index is 12.6. The first kappa shape index (κ1) is 18.2. The number of ether oxygens (including phenoxy) is 1. The van der Waals surface area contributed by atoms with Crippen molar-refractivity contribution in [2.75, 3.05) is 12.8 Å². The molecule has 0 saturated carbocycles. The van der Waals surface area contributed by atoms with Crippen molar-refractivity contribution in [2.24, 2.45) is 11.8 Å². The summed E-state index contributed by atoms with van der Waals surface area (Å²) >= 11 is 0. The van der Waals surface area contributed by atoms with Crippen LogP contribution in [0.4, 0.5) is 5.82 Å². The number of nitrogen functional groups attached to an aromatic ring is 1. The van der Waals surface area contributed by atoms with E-state index in [1.807, 2.05) is 0 Å². The summed E-state index contributed by atoms with van der Waals surface area (Å²) in [6.07, 6.45) is 4.49. The van der Waals surface area contributed by atoms with Gasteiger partial charge in [-0.15, -0.1) is 0 Å². The maximum atomic E-state index is 12.6. The summed E-state index contributed by atoms with van der Waals surface area (Å²) in [5.41, 5.74) is 6.04. The summed E-state index contributed by atoms with van der Waals surface area (Å²) in [6, 6.07) is 0.0850. The molecule has 0 aromatic carbocycles. The van der Waals surface area contributed by atoms with Crippen LogP contribution in [0.2, 0.25) is 0 Å². The van der Waals surface area contributed by atoms with Gasteiger partial charge >= 0.3 is 0 Å². The number of nitrogens with zero attached hydrogens (tertiary/aromatic N) is 2. The quantitative estimate of drug-likeness (QED) is 0.770. The molecule has 124 valence electrons. The van der Waals surface area contributed by atoms with E-state index in [9.17, 15) is 4.79 Å². The summed E-state index contributed by atoms with van der Waals surface area (Å²) in [4.78, 5) is 20.5. The van der Waals surface area contributed by atoms with Crippen LogP contribution in [-0.4, -0.2) is 29.0 Å². The lowest BCUT2D eigenvalue weighted by Crippen LogP contribution is -2.44. The molecule has 0 aliphatic rings. The number of rotatable bonds is 8. The van der Waals surface area contributed by atoms with Crippen LogP contribution < -0.4 is 15.8 Å². The fourth-order valence-electron chi connectivity index (χ4n) is 2.81. The molecule has 22 heavy (non-hydrogen) atoms. The molecule has 0 aliphatic carbocycles. The SMILES string of the molecule is CCCC(CC)C(NC(=O)c1c(N)ncnc1OC)C(C)C. The Morgan fingerprint density at radius 2 is 2.05 bits per heavy atom. The molecule has 1 rings (SSSR count).